The number of halogens is 1. The number of hydrogen-bond donors (Lipinski definition) is 0. The average Bonchev–Trinajstić information content (AvgIpc) is 2.84. The van der Waals surface area contributed by atoms with E-state index in [-0.39, 0.29) is 10.9 Å². The lowest BCUT2D eigenvalue weighted by Crippen LogP contribution is -2.56. The summed E-state index contributed by atoms with van der Waals surface area (Å²) in [5.41, 5.74) is 0. The van der Waals surface area contributed by atoms with Crippen LogP contribution in [0, 0.1) is 0 Å². The highest BCUT2D eigenvalue weighted by Crippen LogP contribution is 2.29. The van der Waals surface area contributed by atoms with Gasteiger partial charge in [0, 0.05) is 42.0 Å². The van der Waals surface area contributed by atoms with E-state index < -0.39 is 10.0 Å². The first-order valence-electron chi connectivity index (χ1n) is 6.85. The van der Waals surface area contributed by atoms with E-state index in [0.29, 0.717) is 17.1 Å². The van der Waals surface area contributed by atoms with Crippen molar-refractivity contribution in [1.29, 1.82) is 0 Å². The zero-order chi connectivity index (χ0) is 14.3. The van der Waals surface area contributed by atoms with Gasteiger partial charge in [-0.15, -0.1) is 0 Å². The molecule has 0 radical (unpaired) electrons. The van der Waals surface area contributed by atoms with Crippen LogP contribution in [0.25, 0.3) is 0 Å². The molecule has 2 saturated heterocycles. The second kappa shape index (κ2) is 5.36. The van der Waals surface area contributed by atoms with Crippen LogP contribution in [0.2, 0.25) is 0 Å². The molecule has 5 nitrogen and oxygen atoms in total. The molecule has 0 amide bonds. The monoisotopic (exact) mass is 359 g/mol. The van der Waals surface area contributed by atoms with Crippen LogP contribution in [0.1, 0.15) is 19.8 Å². The highest BCUT2D eigenvalue weighted by atomic mass is 79.9. The van der Waals surface area contributed by atoms with Crippen LogP contribution in [0.15, 0.2) is 27.8 Å². The molecule has 0 aromatic carbocycles. The lowest BCUT2D eigenvalue weighted by molar-refractivity contribution is 0.117. The van der Waals surface area contributed by atoms with Crippen molar-refractivity contribution in [3.8, 4) is 0 Å². The molecule has 3 heterocycles. The molecule has 1 aromatic rings. The molecule has 2 aliphatic rings. The molecule has 20 heavy (non-hydrogen) atoms. The summed E-state index contributed by atoms with van der Waals surface area (Å²) in [6.07, 6.45) is 5.28. The number of rotatable bonds is 2. The van der Waals surface area contributed by atoms with Crippen LogP contribution in [-0.4, -0.2) is 54.3 Å². The number of nitrogens with zero attached hydrogens (tertiary/aromatic N) is 3. The van der Waals surface area contributed by atoms with Gasteiger partial charge in [-0.2, -0.15) is 4.31 Å². The number of aromatic nitrogens is 1. The van der Waals surface area contributed by atoms with Crippen LogP contribution in [-0.2, 0) is 10.0 Å². The van der Waals surface area contributed by atoms with Gasteiger partial charge in [0.25, 0.3) is 0 Å². The van der Waals surface area contributed by atoms with Crippen LogP contribution in [0.3, 0.4) is 0 Å². The maximum atomic E-state index is 12.8. The Bertz CT molecular complexity index is 607. The molecule has 3 rings (SSSR count). The lowest BCUT2D eigenvalue weighted by atomic mass is 10.1. The summed E-state index contributed by atoms with van der Waals surface area (Å²) < 4.78 is 27.9. The fourth-order valence-electron chi connectivity index (χ4n) is 3.16. The van der Waals surface area contributed by atoms with Crippen molar-refractivity contribution in [2.75, 3.05) is 19.6 Å². The molecule has 2 fully saturated rings. The van der Waals surface area contributed by atoms with Crippen molar-refractivity contribution in [3.05, 3.63) is 22.9 Å². The molecule has 2 atom stereocenters. The van der Waals surface area contributed by atoms with Gasteiger partial charge in [-0.05, 0) is 48.3 Å². The summed E-state index contributed by atoms with van der Waals surface area (Å²) in [4.78, 5) is 6.65. The minimum atomic E-state index is -3.46. The third-order valence-electron chi connectivity index (χ3n) is 4.17. The van der Waals surface area contributed by atoms with Gasteiger partial charge in [-0.1, -0.05) is 0 Å². The van der Waals surface area contributed by atoms with Crippen molar-refractivity contribution in [2.24, 2.45) is 0 Å². The molecule has 2 aliphatic heterocycles. The summed E-state index contributed by atoms with van der Waals surface area (Å²) >= 11 is 3.29. The molecule has 2 unspecified atom stereocenters. The van der Waals surface area contributed by atoms with Crippen LogP contribution in [0.4, 0.5) is 0 Å². The van der Waals surface area contributed by atoms with Gasteiger partial charge in [-0.25, -0.2) is 8.42 Å². The summed E-state index contributed by atoms with van der Waals surface area (Å²) in [5, 5.41) is 0. The van der Waals surface area contributed by atoms with E-state index in [1.807, 2.05) is 6.92 Å². The van der Waals surface area contributed by atoms with Gasteiger partial charge in [-0.3, -0.25) is 9.88 Å². The van der Waals surface area contributed by atoms with Gasteiger partial charge < -0.3 is 0 Å². The van der Waals surface area contributed by atoms with E-state index in [2.05, 4.69) is 25.8 Å². The van der Waals surface area contributed by atoms with Gasteiger partial charge >= 0.3 is 0 Å². The quantitative estimate of drug-likeness (QED) is 0.806. The van der Waals surface area contributed by atoms with Crippen LogP contribution < -0.4 is 0 Å². The molecule has 0 bridgehead atoms. The van der Waals surface area contributed by atoms with Gasteiger partial charge in [0.1, 0.15) is 4.90 Å². The van der Waals surface area contributed by atoms with E-state index in [1.54, 1.807) is 16.6 Å². The molecule has 7 heteroatoms. The summed E-state index contributed by atoms with van der Waals surface area (Å²) in [6, 6.07) is 2.00. The number of piperazine rings is 1. The lowest BCUT2D eigenvalue weighted by Gasteiger charge is -2.41. The third-order valence-corrected chi connectivity index (χ3v) is 6.55. The first kappa shape index (κ1) is 14.4. The standard InChI is InChI=1S/C13H18BrN3O2S/c1-10-8-16-4-2-3-12(16)9-17(10)20(18,19)13-5-11(14)6-15-7-13/h5-7,10,12H,2-4,8-9H2,1H3. The van der Waals surface area contributed by atoms with Crippen molar-refractivity contribution in [1.82, 2.24) is 14.2 Å². The first-order chi connectivity index (χ1) is 9.48. The zero-order valence-corrected chi connectivity index (χ0v) is 13.8. The predicted octanol–water partition coefficient (Wildman–Crippen LogP) is 1.70. The van der Waals surface area contributed by atoms with E-state index in [9.17, 15) is 8.42 Å². The molecular formula is C13H18BrN3O2S. The van der Waals surface area contributed by atoms with Crippen molar-refractivity contribution >= 4 is 26.0 Å². The maximum absolute atomic E-state index is 12.8. The minimum Gasteiger partial charge on any atom is -0.297 e. The van der Waals surface area contributed by atoms with E-state index in [0.717, 1.165) is 19.5 Å². The topological polar surface area (TPSA) is 53.5 Å². The Kier molecular flexibility index (Phi) is 3.87. The molecule has 0 saturated carbocycles. The fraction of sp³-hybridized carbons (Fsp3) is 0.615. The Morgan fingerprint density at radius 2 is 2.15 bits per heavy atom. The molecule has 110 valence electrons. The zero-order valence-electron chi connectivity index (χ0n) is 11.4. The smallest absolute Gasteiger partial charge is 0.244 e. The molecular weight excluding hydrogens is 342 g/mol. The summed E-state index contributed by atoms with van der Waals surface area (Å²) in [5.74, 6) is 0. The van der Waals surface area contributed by atoms with Crippen LogP contribution in [0.5, 0.6) is 0 Å². The van der Waals surface area contributed by atoms with Gasteiger partial charge in [0.05, 0.1) is 0 Å². The highest BCUT2D eigenvalue weighted by molar-refractivity contribution is 9.10. The normalized spacial score (nSPS) is 28.5. The number of fused-ring (bicyclic) bond motifs is 1. The number of sulfonamides is 1. The second-order valence-corrected chi connectivity index (χ2v) is 8.36. The Morgan fingerprint density at radius 1 is 1.35 bits per heavy atom. The molecule has 1 aromatic heterocycles. The Labute approximate surface area is 128 Å². The summed E-state index contributed by atoms with van der Waals surface area (Å²) in [6.45, 7) is 4.50. The second-order valence-electron chi connectivity index (χ2n) is 5.55. The SMILES string of the molecule is CC1CN2CCCC2CN1S(=O)(=O)c1cncc(Br)c1. The van der Waals surface area contributed by atoms with Gasteiger partial charge in [0.2, 0.25) is 10.0 Å². The maximum Gasteiger partial charge on any atom is 0.244 e. The van der Waals surface area contributed by atoms with E-state index in [1.165, 1.54) is 12.6 Å². The van der Waals surface area contributed by atoms with Crippen molar-refractivity contribution in [3.63, 3.8) is 0 Å². The predicted molar refractivity (Wildman–Crippen MR) is 79.9 cm³/mol. The van der Waals surface area contributed by atoms with Crippen molar-refractivity contribution in [2.45, 2.75) is 36.7 Å². The molecule has 0 aliphatic carbocycles. The van der Waals surface area contributed by atoms with E-state index >= 15 is 0 Å². The van der Waals surface area contributed by atoms with Crippen LogP contribution >= 0.6 is 15.9 Å². The summed E-state index contributed by atoms with van der Waals surface area (Å²) in [7, 11) is -3.46. The Hall–Kier alpha value is -0.500. The molecule has 0 N–H and O–H groups in total. The third kappa shape index (κ3) is 2.52. The van der Waals surface area contributed by atoms with Crippen molar-refractivity contribution < 1.29 is 8.42 Å². The minimum absolute atomic E-state index is 0.00771. The number of pyridine rings is 1. The molecule has 0 spiro atoms. The Balaban J connectivity index is 1.90. The highest BCUT2D eigenvalue weighted by Gasteiger charge is 2.40. The Morgan fingerprint density at radius 3 is 2.90 bits per heavy atom. The average molecular weight is 360 g/mol. The fourth-order valence-corrected chi connectivity index (χ4v) is 5.33. The first-order valence-corrected chi connectivity index (χ1v) is 9.08. The van der Waals surface area contributed by atoms with E-state index in [4.69, 9.17) is 0 Å². The number of hydrogen-bond acceptors (Lipinski definition) is 4. The van der Waals surface area contributed by atoms with Gasteiger partial charge in [0.15, 0.2) is 0 Å². The largest absolute Gasteiger partial charge is 0.297 e.